The molecule has 0 saturated carbocycles. The summed E-state index contributed by atoms with van der Waals surface area (Å²) < 4.78 is 0. The maximum Gasteiger partial charge on any atom is 0.305 e. The van der Waals surface area contributed by atoms with E-state index in [0.29, 0.717) is 5.56 Å². The van der Waals surface area contributed by atoms with Crippen molar-refractivity contribution in [3.05, 3.63) is 35.9 Å². The van der Waals surface area contributed by atoms with Gasteiger partial charge >= 0.3 is 5.97 Å². The summed E-state index contributed by atoms with van der Waals surface area (Å²) in [7, 11) is 0. The van der Waals surface area contributed by atoms with Crippen molar-refractivity contribution in [2.24, 2.45) is 16.5 Å². The number of hydrogen-bond acceptors (Lipinski definition) is 9. The molecule has 17 nitrogen and oxygen atoms in total. The zero-order valence-corrected chi connectivity index (χ0v) is 22.7. The van der Waals surface area contributed by atoms with E-state index in [4.69, 9.17) is 11.5 Å². The number of hydrogen-bond donors (Lipinski definition) is 10. The highest BCUT2D eigenvalue weighted by molar-refractivity contribution is 5.99. The fourth-order valence-electron chi connectivity index (χ4n) is 3.97. The van der Waals surface area contributed by atoms with Gasteiger partial charge in [0.15, 0.2) is 11.5 Å². The number of nitrogens with one attached hydrogen (secondary N) is 5. The van der Waals surface area contributed by atoms with E-state index in [9.17, 15) is 44.1 Å². The number of aliphatic imine (C=N–C) groups is 1. The molecule has 12 N–H and O–H groups in total. The molecular formula is C25H36N8O9. The number of nitrogens with zero attached hydrogens (tertiary/aromatic N) is 1. The summed E-state index contributed by atoms with van der Waals surface area (Å²) in [6.45, 7) is -2.82. The van der Waals surface area contributed by atoms with Gasteiger partial charge in [-0.25, -0.2) is 0 Å². The number of amides is 5. The molecule has 1 aromatic rings. The van der Waals surface area contributed by atoms with Crippen molar-refractivity contribution >= 4 is 41.5 Å². The highest BCUT2D eigenvalue weighted by atomic mass is 16.4. The van der Waals surface area contributed by atoms with Crippen LogP contribution < -0.4 is 38.1 Å². The molecule has 0 aliphatic carbocycles. The number of carboxylic acid groups (broad SMARTS) is 1. The monoisotopic (exact) mass is 592 g/mol. The third-order valence-electron chi connectivity index (χ3n) is 6.27. The van der Waals surface area contributed by atoms with Crippen molar-refractivity contribution < 1.29 is 44.1 Å². The molecule has 0 radical (unpaired) electrons. The molecule has 1 aliphatic rings. The third kappa shape index (κ3) is 10.0. The number of rotatable bonds is 10. The first-order chi connectivity index (χ1) is 19.9. The van der Waals surface area contributed by atoms with Gasteiger partial charge in [-0.2, -0.15) is 0 Å². The van der Waals surface area contributed by atoms with Gasteiger partial charge in [0.25, 0.3) is 5.91 Å². The average Bonchev–Trinajstić information content (AvgIpc) is 2.95. The quantitative estimate of drug-likeness (QED) is 0.0698. The van der Waals surface area contributed by atoms with E-state index in [0.717, 1.165) is 0 Å². The molecule has 0 bridgehead atoms. The molecule has 17 heteroatoms. The fourth-order valence-corrected chi connectivity index (χ4v) is 3.97. The Morgan fingerprint density at radius 2 is 1.57 bits per heavy atom. The van der Waals surface area contributed by atoms with E-state index < -0.39 is 85.3 Å². The van der Waals surface area contributed by atoms with Crippen molar-refractivity contribution in [3.63, 3.8) is 0 Å². The number of nitrogens with two attached hydrogens (primary N) is 2. The van der Waals surface area contributed by atoms with Gasteiger partial charge in [0.05, 0.1) is 26.2 Å². The molecule has 1 aromatic carbocycles. The second-order valence-corrected chi connectivity index (χ2v) is 9.55. The Labute approximate surface area is 240 Å². The van der Waals surface area contributed by atoms with Crippen LogP contribution in [0, 0.1) is 0 Å². The molecule has 0 unspecified atom stereocenters. The fraction of sp³-hybridized carbons (Fsp3) is 0.480. The summed E-state index contributed by atoms with van der Waals surface area (Å²) in [4.78, 5) is 80.6. The van der Waals surface area contributed by atoms with Gasteiger partial charge in [-0.15, -0.1) is 0 Å². The molecule has 2 rings (SSSR count). The minimum atomic E-state index is -2.34. The van der Waals surface area contributed by atoms with Gasteiger partial charge in [-0.3, -0.25) is 33.8 Å². The zero-order chi connectivity index (χ0) is 31.3. The van der Waals surface area contributed by atoms with Crippen LogP contribution in [-0.4, -0.2) is 107 Å². The maximum atomic E-state index is 13.4. The Bertz CT molecular complexity index is 1170. The zero-order valence-electron chi connectivity index (χ0n) is 22.7. The van der Waals surface area contributed by atoms with E-state index in [-0.39, 0.29) is 31.8 Å². The first-order valence-electron chi connectivity index (χ1n) is 12.9. The van der Waals surface area contributed by atoms with Gasteiger partial charge in [-0.1, -0.05) is 30.3 Å². The van der Waals surface area contributed by atoms with E-state index >= 15 is 0 Å². The lowest BCUT2D eigenvalue weighted by atomic mass is 9.97. The number of carbonyl (C=O) groups excluding carboxylic acids is 5. The molecule has 5 amide bonds. The first kappa shape index (κ1) is 33.4. The van der Waals surface area contributed by atoms with E-state index in [1.165, 1.54) is 0 Å². The Morgan fingerprint density at radius 1 is 0.905 bits per heavy atom. The number of guanidine groups is 1. The average molecular weight is 593 g/mol. The SMILES string of the molecule is NC(N)=NCCC[C@@H]1NC(=O)CNC(=O)[C@H](CC(=O)O)NC(=O)[C@@H](Cc2ccccc2)NC(=O)C(CO)(CO)NC1=O. The molecule has 1 saturated heterocycles. The van der Waals surface area contributed by atoms with Crippen LogP contribution in [0.2, 0.25) is 0 Å². The van der Waals surface area contributed by atoms with Crippen LogP contribution in [0.15, 0.2) is 35.3 Å². The predicted octanol–water partition coefficient (Wildman–Crippen LogP) is -4.82. The van der Waals surface area contributed by atoms with Crippen LogP contribution in [0.5, 0.6) is 0 Å². The standard InChI is InChI=1S/C25H36N8O9/c26-24(27)28-8-4-7-15-22(41)33-25(12-34,13-35)23(42)32-16(9-14-5-2-1-3-6-14)21(40)31-17(10-19(37)38)20(39)29-11-18(36)30-15/h1-3,5-6,15-17,34-35H,4,7-13H2,(H,29,39)(H,30,36)(H,31,40)(H,32,42)(H,33,41)(H,37,38)(H4,26,27,28)/t15-,16+,17-/m0/s1. The summed E-state index contributed by atoms with van der Waals surface area (Å²) in [6, 6.07) is 3.93. The van der Waals surface area contributed by atoms with Gasteiger partial charge in [0.1, 0.15) is 18.1 Å². The summed E-state index contributed by atoms with van der Waals surface area (Å²) in [6.07, 6.45) is -0.877. The molecule has 42 heavy (non-hydrogen) atoms. The second kappa shape index (κ2) is 15.9. The van der Waals surface area contributed by atoms with Crippen molar-refractivity contribution in [2.75, 3.05) is 26.3 Å². The van der Waals surface area contributed by atoms with Crippen LogP contribution in [0.4, 0.5) is 0 Å². The third-order valence-corrected chi connectivity index (χ3v) is 6.27. The van der Waals surface area contributed by atoms with Gasteiger partial charge in [0.2, 0.25) is 23.6 Å². The van der Waals surface area contributed by atoms with Crippen molar-refractivity contribution in [1.82, 2.24) is 26.6 Å². The predicted molar refractivity (Wildman–Crippen MR) is 146 cm³/mol. The Kier molecular flexibility index (Phi) is 12.6. The highest BCUT2D eigenvalue weighted by Crippen LogP contribution is 2.11. The van der Waals surface area contributed by atoms with Crippen LogP contribution >= 0.6 is 0 Å². The summed E-state index contributed by atoms with van der Waals surface area (Å²) in [5.74, 6) is -6.61. The molecule has 0 spiro atoms. The largest absolute Gasteiger partial charge is 0.481 e. The lowest BCUT2D eigenvalue weighted by molar-refractivity contribution is -0.142. The number of carbonyl (C=O) groups is 6. The Balaban J connectivity index is 2.49. The van der Waals surface area contributed by atoms with E-state index in [1.54, 1.807) is 30.3 Å². The normalized spacial score (nSPS) is 21.8. The van der Waals surface area contributed by atoms with Crippen molar-refractivity contribution in [1.29, 1.82) is 0 Å². The summed E-state index contributed by atoms with van der Waals surface area (Å²) in [5, 5.41) is 41.1. The van der Waals surface area contributed by atoms with E-state index in [1.807, 2.05) is 0 Å². The van der Waals surface area contributed by atoms with Gasteiger partial charge in [0, 0.05) is 13.0 Å². The minimum Gasteiger partial charge on any atom is -0.481 e. The summed E-state index contributed by atoms with van der Waals surface area (Å²) >= 11 is 0. The lowest BCUT2D eigenvalue weighted by Gasteiger charge is -2.33. The first-order valence-corrected chi connectivity index (χ1v) is 12.9. The van der Waals surface area contributed by atoms with Crippen LogP contribution in [-0.2, 0) is 35.2 Å². The smallest absolute Gasteiger partial charge is 0.305 e. The van der Waals surface area contributed by atoms with Crippen molar-refractivity contribution in [3.8, 4) is 0 Å². The van der Waals surface area contributed by atoms with Gasteiger partial charge < -0.3 is 53.4 Å². The lowest BCUT2D eigenvalue weighted by Crippen LogP contribution is -2.68. The number of carboxylic acids is 1. The molecule has 3 atom stereocenters. The summed E-state index contributed by atoms with van der Waals surface area (Å²) in [5.41, 5.74) is 8.82. The maximum absolute atomic E-state index is 13.4. The Hall–Kier alpha value is -4.77. The molecular weight excluding hydrogens is 556 g/mol. The second-order valence-electron chi connectivity index (χ2n) is 9.55. The molecule has 1 fully saturated rings. The van der Waals surface area contributed by atoms with Gasteiger partial charge in [-0.05, 0) is 18.4 Å². The van der Waals surface area contributed by atoms with E-state index in [2.05, 4.69) is 31.6 Å². The topological polar surface area (TPSA) is 288 Å². The Morgan fingerprint density at radius 3 is 2.17 bits per heavy atom. The number of aliphatic hydroxyl groups excluding tert-OH is 2. The minimum absolute atomic E-state index is 0.0603. The highest BCUT2D eigenvalue weighted by Gasteiger charge is 2.43. The van der Waals surface area contributed by atoms with Crippen LogP contribution in [0.1, 0.15) is 24.8 Å². The number of benzene rings is 1. The number of aliphatic hydroxyl groups is 2. The number of aliphatic carboxylic acids is 1. The molecule has 1 aliphatic heterocycles. The molecule has 0 aromatic heterocycles. The van der Waals surface area contributed by atoms with Crippen LogP contribution in [0.3, 0.4) is 0 Å². The van der Waals surface area contributed by atoms with Crippen LogP contribution in [0.25, 0.3) is 0 Å². The molecule has 1 heterocycles. The van der Waals surface area contributed by atoms with Crippen molar-refractivity contribution in [2.45, 2.75) is 49.3 Å². The molecule has 230 valence electrons.